The number of hydrogen-bond acceptors (Lipinski definition) is 6. The molecule has 6 aromatic rings. The maximum atomic E-state index is 13.0. The van der Waals surface area contributed by atoms with Crippen molar-refractivity contribution in [3.63, 3.8) is 0 Å². The Labute approximate surface area is 359 Å². The minimum absolute atomic E-state index is 0.131. The number of H-pyrrole nitrogens is 1. The predicted molar refractivity (Wildman–Crippen MR) is 246 cm³/mol. The van der Waals surface area contributed by atoms with Crippen molar-refractivity contribution >= 4 is 57.3 Å². The number of rotatable bonds is 13. The highest BCUT2D eigenvalue weighted by molar-refractivity contribution is 9.10. The van der Waals surface area contributed by atoms with Crippen molar-refractivity contribution in [3.8, 4) is 11.3 Å². The van der Waals surface area contributed by atoms with Gasteiger partial charge in [0.1, 0.15) is 6.61 Å². The third kappa shape index (κ3) is 9.21. The van der Waals surface area contributed by atoms with Gasteiger partial charge in [0.2, 0.25) is 0 Å². The number of piperazine rings is 1. The molecule has 0 saturated carbocycles. The predicted octanol–water partition coefficient (Wildman–Crippen LogP) is 10.3. The van der Waals surface area contributed by atoms with Crippen LogP contribution < -0.4 is 15.3 Å². The molecule has 7 rings (SSSR count). The number of benzene rings is 4. The average Bonchev–Trinajstić information content (AvgIpc) is 3.59. The summed E-state index contributed by atoms with van der Waals surface area (Å²) in [6, 6.07) is 40.2. The molecular weight excluding hydrogens is 817 g/mol. The molecule has 1 amide bonds. The van der Waals surface area contributed by atoms with Gasteiger partial charge in [-0.3, -0.25) is 4.98 Å². The van der Waals surface area contributed by atoms with Gasteiger partial charge >= 0.3 is 6.09 Å². The molecule has 308 valence electrons. The zero-order chi connectivity index (χ0) is 41.8. The Morgan fingerprint density at radius 2 is 1.46 bits per heavy atom. The number of aromatic amines is 1. The van der Waals surface area contributed by atoms with E-state index in [2.05, 4.69) is 145 Å². The first kappa shape index (κ1) is 42.4. The van der Waals surface area contributed by atoms with Crippen molar-refractivity contribution in [2.75, 3.05) is 44.8 Å². The molecule has 4 aromatic carbocycles. The highest BCUT2D eigenvalue weighted by atomic mass is 79.9. The maximum Gasteiger partial charge on any atom is 0.410 e. The van der Waals surface area contributed by atoms with Crippen LogP contribution in [0.1, 0.15) is 64.5 Å². The molecule has 1 saturated heterocycles. The second-order valence-corrected chi connectivity index (χ2v) is 22.7. The third-order valence-corrected chi connectivity index (χ3v) is 17.1. The van der Waals surface area contributed by atoms with Gasteiger partial charge in [-0.15, -0.1) is 0 Å². The van der Waals surface area contributed by atoms with E-state index < -0.39 is 8.32 Å². The number of halogens is 1. The molecule has 1 atom stereocenters. The van der Waals surface area contributed by atoms with E-state index in [-0.39, 0.29) is 29.3 Å². The molecular formula is C49H57BrN4O4Si. The van der Waals surface area contributed by atoms with Crippen molar-refractivity contribution in [1.29, 1.82) is 0 Å². The lowest BCUT2D eigenvalue weighted by Crippen LogP contribution is -2.67. The van der Waals surface area contributed by atoms with E-state index in [1.165, 1.54) is 15.9 Å². The quantitative estimate of drug-likeness (QED) is 0.117. The van der Waals surface area contributed by atoms with Crippen molar-refractivity contribution in [3.05, 3.63) is 143 Å². The standard InChI is InChI=1S/C49H57BrN4O4Si/c1-35(56-7)45-42(30-38(32-51-45)53-25-27-54(28-26-53)47(55)57-33-36-17-11-8-12-18-36)46-43(41-29-37(50)23-24-44(41)52-46)31-49(5,6)34-58-59(48(2,3)4,39-19-13-9-14-20-39)40-21-15-10-16-22-40/h8-24,29-30,32,35,52H,25-28,31,33-34H2,1-7H3/t35-/m0/s1. The number of fused-ring (bicyclic) bond motifs is 1. The highest BCUT2D eigenvalue weighted by Gasteiger charge is 2.51. The molecule has 1 aliphatic rings. The number of methoxy groups -OCH3 is 1. The van der Waals surface area contributed by atoms with E-state index in [0.29, 0.717) is 32.8 Å². The number of anilines is 1. The van der Waals surface area contributed by atoms with Crippen LogP contribution in [0, 0.1) is 5.41 Å². The normalized spacial score (nSPS) is 14.4. The van der Waals surface area contributed by atoms with Gasteiger partial charge in [0.15, 0.2) is 0 Å². The van der Waals surface area contributed by atoms with Gasteiger partial charge in [-0.1, -0.05) is 142 Å². The molecule has 1 fully saturated rings. The van der Waals surface area contributed by atoms with Gasteiger partial charge in [0.25, 0.3) is 8.32 Å². The van der Waals surface area contributed by atoms with E-state index in [1.807, 2.05) is 43.5 Å². The molecule has 10 heteroatoms. The summed E-state index contributed by atoms with van der Waals surface area (Å²) in [6.07, 6.45) is 2.17. The average molecular weight is 874 g/mol. The van der Waals surface area contributed by atoms with E-state index in [1.54, 1.807) is 12.0 Å². The topological polar surface area (TPSA) is 79.9 Å². The molecule has 1 N–H and O–H groups in total. The fraction of sp³-hybridized carbons (Fsp3) is 0.347. The monoisotopic (exact) mass is 872 g/mol. The maximum absolute atomic E-state index is 13.0. The van der Waals surface area contributed by atoms with Crippen molar-refractivity contribution in [1.82, 2.24) is 14.9 Å². The molecule has 1 aliphatic heterocycles. The van der Waals surface area contributed by atoms with Crippen LogP contribution in [0.25, 0.3) is 22.2 Å². The molecule has 59 heavy (non-hydrogen) atoms. The van der Waals surface area contributed by atoms with Crippen LogP contribution in [0.4, 0.5) is 10.5 Å². The Hall–Kier alpha value is -4.74. The fourth-order valence-corrected chi connectivity index (χ4v) is 13.6. The van der Waals surface area contributed by atoms with Crippen LogP contribution in [0.3, 0.4) is 0 Å². The summed E-state index contributed by atoms with van der Waals surface area (Å²) in [6.45, 7) is 17.0. The molecule has 0 radical (unpaired) electrons. The second kappa shape index (κ2) is 17.9. The van der Waals surface area contributed by atoms with Crippen molar-refractivity contribution < 1.29 is 18.7 Å². The number of pyridine rings is 1. The van der Waals surface area contributed by atoms with Crippen LogP contribution in [0.15, 0.2) is 126 Å². The molecule has 0 unspecified atom stereocenters. The summed E-state index contributed by atoms with van der Waals surface area (Å²) in [7, 11) is -1.04. The first-order valence-corrected chi connectivity index (χ1v) is 23.3. The summed E-state index contributed by atoms with van der Waals surface area (Å²) < 4.78 is 20.2. The lowest BCUT2D eigenvalue weighted by Gasteiger charge is -2.44. The largest absolute Gasteiger partial charge is 0.445 e. The fourth-order valence-electron chi connectivity index (χ4n) is 8.46. The molecule has 8 nitrogen and oxygen atoms in total. The SMILES string of the molecule is CO[C@@H](C)c1ncc(N2CCN(C(=O)OCc3ccccc3)CC2)cc1-c1[nH]c2ccc(Br)cc2c1CC(C)(C)CO[Si](c1ccccc1)(c1ccccc1)C(C)(C)C. The number of nitrogens with one attached hydrogen (secondary N) is 1. The van der Waals surface area contributed by atoms with E-state index >= 15 is 0 Å². The Morgan fingerprint density at radius 1 is 0.847 bits per heavy atom. The lowest BCUT2D eigenvalue weighted by atomic mass is 9.84. The summed E-state index contributed by atoms with van der Waals surface area (Å²) >= 11 is 3.78. The smallest absolute Gasteiger partial charge is 0.410 e. The third-order valence-electron chi connectivity index (χ3n) is 11.6. The van der Waals surface area contributed by atoms with Crippen LogP contribution in [0.2, 0.25) is 5.04 Å². The molecule has 0 bridgehead atoms. The summed E-state index contributed by atoms with van der Waals surface area (Å²) in [4.78, 5) is 26.0. The van der Waals surface area contributed by atoms with Gasteiger partial charge in [0, 0.05) is 60.8 Å². The van der Waals surface area contributed by atoms with E-state index in [0.717, 1.165) is 50.0 Å². The Kier molecular flexibility index (Phi) is 12.8. The van der Waals surface area contributed by atoms with Crippen LogP contribution >= 0.6 is 15.9 Å². The summed E-state index contributed by atoms with van der Waals surface area (Å²) in [5.74, 6) is 0. The van der Waals surface area contributed by atoms with Crippen LogP contribution in [0.5, 0.6) is 0 Å². The van der Waals surface area contributed by atoms with E-state index in [4.69, 9.17) is 18.9 Å². The van der Waals surface area contributed by atoms with Crippen LogP contribution in [-0.4, -0.2) is 69.2 Å². The minimum atomic E-state index is -2.77. The Morgan fingerprint density at radius 3 is 2.05 bits per heavy atom. The van der Waals surface area contributed by atoms with Gasteiger partial charge in [0.05, 0.1) is 29.4 Å². The number of aromatic nitrogens is 2. The second-order valence-electron chi connectivity index (χ2n) is 17.5. The van der Waals surface area contributed by atoms with E-state index in [9.17, 15) is 4.79 Å². The van der Waals surface area contributed by atoms with Gasteiger partial charge in [-0.05, 0) is 69.6 Å². The molecule has 2 aromatic heterocycles. The number of ether oxygens (including phenoxy) is 2. The van der Waals surface area contributed by atoms with Gasteiger partial charge in [-0.2, -0.15) is 0 Å². The lowest BCUT2D eigenvalue weighted by molar-refractivity contribution is 0.0941. The highest BCUT2D eigenvalue weighted by Crippen LogP contribution is 2.42. The zero-order valence-corrected chi connectivity index (χ0v) is 38.0. The number of carbonyl (C=O) groups excluding carboxylic acids is 1. The first-order chi connectivity index (χ1) is 28.3. The van der Waals surface area contributed by atoms with Gasteiger partial charge in [-0.25, -0.2) is 4.79 Å². The van der Waals surface area contributed by atoms with Gasteiger partial charge < -0.3 is 28.7 Å². The summed E-state index contributed by atoms with van der Waals surface area (Å²) in [5, 5.41) is 3.58. The molecule has 3 heterocycles. The number of hydrogen-bond donors (Lipinski definition) is 1. The molecule has 0 aliphatic carbocycles. The zero-order valence-electron chi connectivity index (χ0n) is 35.4. The first-order valence-electron chi connectivity index (χ1n) is 20.6. The number of nitrogens with zero attached hydrogens (tertiary/aromatic N) is 3. The number of carbonyl (C=O) groups is 1. The Balaban J connectivity index is 1.20. The van der Waals surface area contributed by atoms with Crippen molar-refractivity contribution in [2.24, 2.45) is 5.41 Å². The number of amides is 1. The summed E-state index contributed by atoms with van der Waals surface area (Å²) in [5.41, 5.74) is 6.90. The van der Waals surface area contributed by atoms with Crippen LogP contribution in [-0.2, 0) is 26.9 Å². The molecule has 0 spiro atoms. The minimum Gasteiger partial charge on any atom is -0.445 e. The van der Waals surface area contributed by atoms with Crippen molar-refractivity contribution in [2.45, 2.75) is 65.7 Å². The Bertz CT molecular complexity index is 2300.